The van der Waals surface area contributed by atoms with Crippen LogP contribution in [0.3, 0.4) is 0 Å². The van der Waals surface area contributed by atoms with Gasteiger partial charge in [-0.2, -0.15) is 10.1 Å². The quantitative estimate of drug-likeness (QED) is 0.477. The van der Waals surface area contributed by atoms with Gasteiger partial charge in [-0.3, -0.25) is 0 Å². The van der Waals surface area contributed by atoms with Crippen LogP contribution < -0.4 is 5.32 Å². The van der Waals surface area contributed by atoms with Gasteiger partial charge in [0.05, 0.1) is 18.1 Å². The van der Waals surface area contributed by atoms with Crippen LogP contribution in [0, 0.1) is 6.92 Å². The summed E-state index contributed by atoms with van der Waals surface area (Å²) in [6, 6.07) is 17.9. The minimum atomic E-state index is -3.59. The molecule has 8 heteroatoms. The standard InChI is InChI=1S/C22H23N5O2S/c1-15-9-11-18(12-10-15)16(2)24-20-19-13-23-27(14-17-7-5-4-6-8-17)21(19)26-22(25-20)30(3,28)29/h4-13,16H,14H2,1-3H3,(H,24,25,26). The lowest BCUT2D eigenvalue weighted by Gasteiger charge is -2.16. The van der Waals surface area contributed by atoms with Gasteiger partial charge >= 0.3 is 0 Å². The molecule has 0 saturated heterocycles. The van der Waals surface area contributed by atoms with Gasteiger partial charge < -0.3 is 5.32 Å². The smallest absolute Gasteiger partial charge is 0.250 e. The molecule has 154 valence electrons. The van der Waals surface area contributed by atoms with Crippen LogP contribution >= 0.6 is 0 Å². The molecule has 1 atom stereocenters. The number of aromatic nitrogens is 4. The Morgan fingerprint density at radius 1 is 1.03 bits per heavy atom. The van der Waals surface area contributed by atoms with Crippen molar-refractivity contribution in [2.45, 2.75) is 31.6 Å². The van der Waals surface area contributed by atoms with E-state index in [0.717, 1.165) is 17.4 Å². The maximum Gasteiger partial charge on any atom is 0.250 e. The van der Waals surface area contributed by atoms with Crippen LogP contribution in [0.1, 0.15) is 29.7 Å². The van der Waals surface area contributed by atoms with Crippen molar-refractivity contribution in [3.8, 4) is 0 Å². The van der Waals surface area contributed by atoms with E-state index >= 15 is 0 Å². The van der Waals surface area contributed by atoms with Crippen molar-refractivity contribution in [1.82, 2.24) is 19.7 Å². The number of anilines is 1. The van der Waals surface area contributed by atoms with Gasteiger partial charge in [-0.25, -0.2) is 18.1 Å². The molecule has 1 unspecified atom stereocenters. The second-order valence-corrected chi connectivity index (χ2v) is 9.34. The lowest BCUT2D eigenvalue weighted by molar-refractivity contribution is 0.592. The van der Waals surface area contributed by atoms with Crippen LogP contribution in [0.5, 0.6) is 0 Å². The largest absolute Gasteiger partial charge is 0.363 e. The van der Waals surface area contributed by atoms with Crippen molar-refractivity contribution < 1.29 is 8.42 Å². The van der Waals surface area contributed by atoms with Crippen molar-refractivity contribution in [3.05, 3.63) is 77.5 Å². The fourth-order valence-electron chi connectivity index (χ4n) is 3.23. The number of hydrogen-bond donors (Lipinski definition) is 1. The van der Waals surface area contributed by atoms with Gasteiger partial charge in [-0.1, -0.05) is 60.2 Å². The molecule has 4 rings (SSSR count). The van der Waals surface area contributed by atoms with Gasteiger partial charge in [0.15, 0.2) is 5.65 Å². The Bertz CT molecular complexity index is 1280. The summed E-state index contributed by atoms with van der Waals surface area (Å²) in [5.74, 6) is 0.452. The number of nitrogens with zero attached hydrogens (tertiary/aromatic N) is 4. The Balaban J connectivity index is 1.77. The average molecular weight is 422 g/mol. The molecule has 2 aromatic heterocycles. The SMILES string of the molecule is Cc1ccc(C(C)Nc2nc(S(C)(=O)=O)nc3c2cnn3Cc2ccccc2)cc1. The molecule has 0 saturated carbocycles. The minimum Gasteiger partial charge on any atom is -0.363 e. The predicted molar refractivity (Wildman–Crippen MR) is 117 cm³/mol. The van der Waals surface area contributed by atoms with E-state index in [1.165, 1.54) is 5.56 Å². The summed E-state index contributed by atoms with van der Waals surface area (Å²) in [4.78, 5) is 8.63. The van der Waals surface area contributed by atoms with Gasteiger partial charge in [0, 0.05) is 12.3 Å². The van der Waals surface area contributed by atoms with E-state index in [1.807, 2.05) is 68.4 Å². The summed E-state index contributed by atoms with van der Waals surface area (Å²) in [5.41, 5.74) is 3.78. The maximum atomic E-state index is 12.2. The Labute approximate surface area is 175 Å². The number of hydrogen-bond acceptors (Lipinski definition) is 6. The third kappa shape index (κ3) is 4.18. The molecule has 0 amide bonds. The van der Waals surface area contributed by atoms with Crippen LogP contribution in [0.25, 0.3) is 11.0 Å². The highest BCUT2D eigenvalue weighted by molar-refractivity contribution is 7.90. The Kier molecular flexibility index (Phi) is 5.26. The first-order valence-electron chi connectivity index (χ1n) is 9.62. The van der Waals surface area contributed by atoms with Crippen molar-refractivity contribution in [3.63, 3.8) is 0 Å². The first kappa shape index (κ1) is 20.0. The molecule has 2 aromatic carbocycles. The zero-order valence-corrected chi connectivity index (χ0v) is 17.9. The Hall–Kier alpha value is -3.26. The molecule has 0 spiro atoms. The van der Waals surface area contributed by atoms with Crippen LogP contribution in [-0.2, 0) is 16.4 Å². The zero-order valence-electron chi connectivity index (χ0n) is 17.1. The molecular formula is C22H23N5O2S. The minimum absolute atomic E-state index is 0.0754. The lowest BCUT2D eigenvalue weighted by Crippen LogP contribution is -2.13. The Morgan fingerprint density at radius 3 is 2.40 bits per heavy atom. The van der Waals surface area contributed by atoms with Crippen molar-refractivity contribution >= 4 is 26.7 Å². The van der Waals surface area contributed by atoms with Gasteiger partial charge in [0.2, 0.25) is 9.84 Å². The Morgan fingerprint density at radius 2 is 1.73 bits per heavy atom. The number of fused-ring (bicyclic) bond motifs is 1. The maximum absolute atomic E-state index is 12.2. The second kappa shape index (κ2) is 7.87. The molecule has 0 aliphatic carbocycles. The number of nitrogens with one attached hydrogen (secondary N) is 1. The second-order valence-electron chi connectivity index (χ2n) is 7.43. The molecule has 0 aliphatic rings. The first-order valence-corrected chi connectivity index (χ1v) is 11.5. The van der Waals surface area contributed by atoms with Crippen LogP contribution in [0.4, 0.5) is 5.82 Å². The van der Waals surface area contributed by atoms with E-state index in [4.69, 9.17) is 0 Å². The number of benzene rings is 2. The lowest BCUT2D eigenvalue weighted by atomic mass is 10.1. The highest BCUT2D eigenvalue weighted by atomic mass is 32.2. The third-order valence-electron chi connectivity index (χ3n) is 4.91. The summed E-state index contributed by atoms with van der Waals surface area (Å²) in [6.45, 7) is 4.53. The normalized spacial score (nSPS) is 12.8. The average Bonchev–Trinajstić information content (AvgIpc) is 3.11. The predicted octanol–water partition coefficient (Wildman–Crippen LogP) is 3.76. The molecule has 0 fully saturated rings. The molecule has 30 heavy (non-hydrogen) atoms. The van der Waals surface area contributed by atoms with E-state index in [0.29, 0.717) is 23.4 Å². The summed E-state index contributed by atoms with van der Waals surface area (Å²) in [7, 11) is -3.59. The summed E-state index contributed by atoms with van der Waals surface area (Å²) in [6.07, 6.45) is 2.79. The van der Waals surface area contributed by atoms with E-state index in [9.17, 15) is 8.42 Å². The summed E-state index contributed by atoms with van der Waals surface area (Å²) >= 11 is 0. The molecule has 1 N–H and O–H groups in total. The number of aryl methyl sites for hydroxylation is 1. The van der Waals surface area contributed by atoms with E-state index < -0.39 is 9.84 Å². The van der Waals surface area contributed by atoms with Gasteiger partial charge in [-0.05, 0) is 25.0 Å². The topological polar surface area (TPSA) is 89.8 Å². The summed E-state index contributed by atoms with van der Waals surface area (Å²) in [5, 5.41) is 8.25. The van der Waals surface area contributed by atoms with E-state index in [2.05, 4.69) is 20.4 Å². The highest BCUT2D eigenvalue weighted by Gasteiger charge is 2.20. The van der Waals surface area contributed by atoms with Crippen LogP contribution in [0.2, 0.25) is 0 Å². The van der Waals surface area contributed by atoms with Crippen molar-refractivity contribution in [1.29, 1.82) is 0 Å². The monoisotopic (exact) mass is 421 g/mol. The molecule has 0 bridgehead atoms. The fourth-order valence-corrected chi connectivity index (χ4v) is 3.74. The number of rotatable bonds is 6. The molecule has 7 nitrogen and oxygen atoms in total. The molecule has 4 aromatic rings. The van der Waals surface area contributed by atoms with Gasteiger partial charge in [-0.15, -0.1) is 0 Å². The van der Waals surface area contributed by atoms with E-state index in [-0.39, 0.29) is 11.2 Å². The van der Waals surface area contributed by atoms with E-state index in [1.54, 1.807) is 10.9 Å². The van der Waals surface area contributed by atoms with Crippen LogP contribution in [-0.4, -0.2) is 34.4 Å². The zero-order chi connectivity index (χ0) is 21.3. The van der Waals surface area contributed by atoms with Gasteiger partial charge in [0.25, 0.3) is 5.16 Å². The molecule has 2 heterocycles. The van der Waals surface area contributed by atoms with Crippen molar-refractivity contribution in [2.24, 2.45) is 0 Å². The first-order chi connectivity index (χ1) is 14.3. The highest BCUT2D eigenvalue weighted by Crippen LogP contribution is 2.26. The molecule has 0 radical (unpaired) electrons. The fraction of sp³-hybridized carbons (Fsp3) is 0.227. The molecular weight excluding hydrogens is 398 g/mol. The molecule has 0 aliphatic heterocycles. The van der Waals surface area contributed by atoms with Crippen LogP contribution in [0.15, 0.2) is 66.0 Å². The third-order valence-corrected chi connectivity index (χ3v) is 5.76. The summed E-state index contributed by atoms with van der Waals surface area (Å²) < 4.78 is 26.2. The number of sulfone groups is 1. The van der Waals surface area contributed by atoms with Crippen molar-refractivity contribution in [2.75, 3.05) is 11.6 Å². The van der Waals surface area contributed by atoms with Gasteiger partial charge in [0.1, 0.15) is 5.82 Å².